The van der Waals surface area contributed by atoms with Crippen LogP contribution in [0, 0.1) is 0 Å². The van der Waals surface area contributed by atoms with E-state index in [0.717, 1.165) is 38.5 Å². The lowest BCUT2D eigenvalue weighted by Crippen LogP contribution is -2.44. The minimum Gasteiger partial charge on any atom is -0.545 e. The Morgan fingerprint density at radius 1 is 0.403 bits per heavy atom. The van der Waals surface area contributed by atoms with Gasteiger partial charge in [0.2, 0.25) is 0 Å². The number of aliphatic carboxylic acids is 1. The molecule has 9 nitrogen and oxygen atoms in total. The molecular weight excluding hydrogens is 899 g/mol. The summed E-state index contributed by atoms with van der Waals surface area (Å²) in [5.74, 6) is -2.25. The zero-order valence-electron chi connectivity index (χ0n) is 48.6. The molecule has 0 rings (SSSR count). The molecule has 9 heteroatoms. The monoisotopic (exact) mass is 1020 g/mol. The second-order valence-corrected chi connectivity index (χ2v) is 22.7. The van der Waals surface area contributed by atoms with Crippen LogP contribution in [0.2, 0.25) is 0 Å². The van der Waals surface area contributed by atoms with Crippen molar-refractivity contribution in [1.82, 2.24) is 0 Å². The van der Waals surface area contributed by atoms with Crippen molar-refractivity contribution in [3.63, 3.8) is 0 Å². The first-order valence-corrected chi connectivity index (χ1v) is 31.3. The van der Waals surface area contributed by atoms with E-state index in [0.29, 0.717) is 17.4 Å². The number of allylic oxidation sites excluding steroid dienone is 2. The molecule has 2 atom stereocenters. The summed E-state index contributed by atoms with van der Waals surface area (Å²) in [5, 5.41) is 11.8. The molecule has 0 aliphatic heterocycles. The second kappa shape index (κ2) is 55.3. The molecule has 426 valence electrons. The van der Waals surface area contributed by atoms with Crippen LogP contribution in [0.15, 0.2) is 12.2 Å². The van der Waals surface area contributed by atoms with Gasteiger partial charge in [-0.2, -0.15) is 0 Å². The lowest BCUT2D eigenvalue weighted by Gasteiger charge is -2.26. The molecule has 0 aromatic rings. The van der Waals surface area contributed by atoms with Crippen molar-refractivity contribution in [2.45, 2.75) is 328 Å². The minimum atomic E-state index is -1.62. The number of rotatable bonds is 59. The molecular formula is C63H121NO8. The molecule has 72 heavy (non-hydrogen) atoms. The fraction of sp³-hybridized carbons (Fsp3) is 0.921. The first kappa shape index (κ1) is 70.0. The van der Waals surface area contributed by atoms with Crippen LogP contribution >= 0.6 is 0 Å². The standard InChI is InChI=1S/C63H121NO8/c1-6-8-10-12-14-16-18-20-22-24-26-28-29-30-31-32-33-34-36-38-40-42-44-46-48-50-52-54-61(66)72-59(58-71-63(62(67)68)69-56-55-64(3,4)5)57-70-60(65)53-51-49-47-45-43-41-39-37-35-27-25-23-21-19-17-15-13-11-9-7-2/h24,26,59,63H,6-23,25,27-58H2,1-5H3/b26-24-. The molecule has 0 N–H and O–H groups in total. The van der Waals surface area contributed by atoms with Crippen molar-refractivity contribution in [2.24, 2.45) is 0 Å². The molecule has 2 unspecified atom stereocenters. The van der Waals surface area contributed by atoms with Gasteiger partial charge in [-0.25, -0.2) is 0 Å². The summed E-state index contributed by atoms with van der Waals surface area (Å²) in [6.45, 7) is 4.82. The lowest BCUT2D eigenvalue weighted by molar-refractivity contribution is -0.870. The zero-order valence-corrected chi connectivity index (χ0v) is 48.6. The second-order valence-electron chi connectivity index (χ2n) is 22.7. The number of unbranched alkanes of at least 4 members (excludes halogenated alkanes) is 42. The Morgan fingerprint density at radius 2 is 0.708 bits per heavy atom. The van der Waals surface area contributed by atoms with Gasteiger partial charge >= 0.3 is 11.9 Å². The van der Waals surface area contributed by atoms with Gasteiger partial charge in [-0.15, -0.1) is 0 Å². The smallest absolute Gasteiger partial charge is 0.306 e. The number of carbonyl (C=O) groups excluding carboxylic acids is 3. The average Bonchev–Trinajstić information content (AvgIpc) is 3.35. The summed E-state index contributed by atoms with van der Waals surface area (Å²) in [4.78, 5) is 37.3. The maximum atomic E-state index is 12.9. The van der Waals surface area contributed by atoms with Crippen LogP contribution < -0.4 is 5.11 Å². The van der Waals surface area contributed by atoms with Crippen LogP contribution in [0.25, 0.3) is 0 Å². The van der Waals surface area contributed by atoms with E-state index < -0.39 is 24.3 Å². The minimum absolute atomic E-state index is 0.152. The van der Waals surface area contributed by atoms with Gasteiger partial charge in [0.25, 0.3) is 0 Å². The van der Waals surface area contributed by atoms with Crippen LogP contribution in [0.1, 0.15) is 316 Å². The summed E-state index contributed by atoms with van der Waals surface area (Å²) in [7, 11) is 5.94. The van der Waals surface area contributed by atoms with E-state index in [4.69, 9.17) is 18.9 Å². The number of carboxylic acids is 1. The maximum absolute atomic E-state index is 12.9. The van der Waals surface area contributed by atoms with Crippen LogP contribution in [-0.4, -0.2) is 82.3 Å². The van der Waals surface area contributed by atoms with Gasteiger partial charge in [0.15, 0.2) is 12.4 Å². The van der Waals surface area contributed by atoms with E-state index in [1.165, 1.54) is 250 Å². The Morgan fingerprint density at radius 3 is 1.03 bits per heavy atom. The largest absolute Gasteiger partial charge is 0.545 e. The van der Waals surface area contributed by atoms with Crippen molar-refractivity contribution in [3.05, 3.63) is 12.2 Å². The fourth-order valence-corrected chi connectivity index (χ4v) is 9.42. The lowest BCUT2D eigenvalue weighted by atomic mass is 10.0. The van der Waals surface area contributed by atoms with E-state index >= 15 is 0 Å². The fourth-order valence-electron chi connectivity index (χ4n) is 9.42. The molecule has 0 fully saturated rings. The number of quaternary nitrogens is 1. The first-order valence-electron chi connectivity index (χ1n) is 31.3. The Bertz CT molecular complexity index is 1190. The Hall–Kier alpha value is -1.97. The first-order chi connectivity index (χ1) is 35.1. The van der Waals surface area contributed by atoms with Crippen molar-refractivity contribution < 1.29 is 42.9 Å². The molecule has 0 amide bonds. The Kier molecular flexibility index (Phi) is 53.8. The predicted molar refractivity (Wildman–Crippen MR) is 302 cm³/mol. The Labute approximate surface area is 446 Å². The summed E-state index contributed by atoms with van der Waals surface area (Å²) in [6, 6.07) is 0. The molecule has 0 bridgehead atoms. The van der Waals surface area contributed by atoms with Gasteiger partial charge in [0, 0.05) is 12.8 Å². The van der Waals surface area contributed by atoms with E-state index in [-0.39, 0.29) is 32.2 Å². The number of hydrogen-bond acceptors (Lipinski definition) is 8. The van der Waals surface area contributed by atoms with Crippen LogP contribution in [0.3, 0.4) is 0 Å². The van der Waals surface area contributed by atoms with E-state index in [9.17, 15) is 19.5 Å². The third kappa shape index (κ3) is 55.8. The average molecular weight is 1020 g/mol. The van der Waals surface area contributed by atoms with E-state index in [1.807, 2.05) is 21.1 Å². The van der Waals surface area contributed by atoms with Gasteiger partial charge < -0.3 is 33.3 Å². The van der Waals surface area contributed by atoms with Crippen LogP contribution in [0.5, 0.6) is 0 Å². The topological polar surface area (TPSA) is 111 Å². The summed E-state index contributed by atoms with van der Waals surface area (Å²) >= 11 is 0. The van der Waals surface area contributed by atoms with Crippen molar-refractivity contribution >= 4 is 17.9 Å². The molecule has 0 aliphatic rings. The van der Waals surface area contributed by atoms with Crippen molar-refractivity contribution in [2.75, 3.05) is 47.5 Å². The number of likely N-dealkylation sites (N-methyl/N-ethyl adjacent to an activating group) is 1. The predicted octanol–water partition coefficient (Wildman–Crippen LogP) is 17.2. The summed E-state index contributed by atoms with van der Waals surface area (Å²) in [5.41, 5.74) is 0. The van der Waals surface area contributed by atoms with Crippen LogP contribution in [-0.2, 0) is 33.3 Å². The van der Waals surface area contributed by atoms with Crippen LogP contribution in [0.4, 0.5) is 0 Å². The van der Waals surface area contributed by atoms with Crippen molar-refractivity contribution in [3.8, 4) is 0 Å². The van der Waals surface area contributed by atoms with Gasteiger partial charge in [-0.1, -0.05) is 276 Å². The third-order valence-corrected chi connectivity index (χ3v) is 14.3. The molecule has 0 saturated heterocycles. The van der Waals surface area contributed by atoms with E-state index in [2.05, 4.69) is 26.0 Å². The molecule has 0 aromatic carbocycles. The van der Waals surface area contributed by atoms with Gasteiger partial charge in [0.1, 0.15) is 13.2 Å². The maximum Gasteiger partial charge on any atom is 0.306 e. The normalized spacial score (nSPS) is 12.7. The number of nitrogens with zero attached hydrogens (tertiary/aromatic N) is 1. The number of esters is 2. The quantitative estimate of drug-likeness (QED) is 0.0195. The molecule has 0 aromatic heterocycles. The zero-order chi connectivity index (χ0) is 52.7. The number of carboxylic acid groups (broad SMARTS) is 1. The molecule has 0 radical (unpaired) electrons. The third-order valence-electron chi connectivity index (χ3n) is 14.3. The highest BCUT2D eigenvalue weighted by Crippen LogP contribution is 2.18. The van der Waals surface area contributed by atoms with Gasteiger partial charge in [-0.05, 0) is 38.5 Å². The van der Waals surface area contributed by atoms with E-state index in [1.54, 1.807) is 0 Å². The van der Waals surface area contributed by atoms with Gasteiger partial charge in [0.05, 0.1) is 40.3 Å². The molecule has 0 aliphatic carbocycles. The number of hydrogen-bond donors (Lipinski definition) is 0. The summed E-state index contributed by atoms with van der Waals surface area (Å²) < 4.78 is 22.8. The summed E-state index contributed by atoms with van der Waals surface area (Å²) in [6.07, 6.45) is 61.3. The van der Waals surface area contributed by atoms with Crippen molar-refractivity contribution in [1.29, 1.82) is 0 Å². The molecule has 0 spiro atoms. The number of carbonyl (C=O) groups is 3. The van der Waals surface area contributed by atoms with Gasteiger partial charge in [-0.3, -0.25) is 9.59 Å². The highest BCUT2D eigenvalue weighted by atomic mass is 16.7. The number of ether oxygens (including phenoxy) is 4. The molecule has 0 heterocycles. The highest BCUT2D eigenvalue weighted by molar-refractivity contribution is 5.70. The highest BCUT2D eigenvalue weighted by Gasteiger charge is 2.22. The SMILES string of the molecule is CCCCCCCCCC/C=C\CCCCCCCCCCCCCCCCCC(=O)OC(COC(=O)CCCCCCCCCCCCCCCCCCCCCC)COC(OCC[N+](C)(C)C)C(=O)[O-]. The Balaban J connectivity index is 4.14. The molecule has 0 saturated carbocycles.